The molecule has 2 N–H and O–H groups in total. The number of likely N-dealkylation sites (tertiary alicyclic amines) is 1. The highest BCUT2D eigenvalue weighted by atomic mass is 32.2. The van der Waals surface area contributed by atoms with Crippen LogP contribution in [0.4, 0.5) is 34.8 Å². The van der Waals surface area contributed by atoms with E-state index >= 15 is 0 Å². The summed E-state index contributed by atoms with van der Waals surface area (Å²) in [5.74, 6) is -4.83. The first-order valence-corrected chi connectivity index (χ1v) is 13.9. The summed E-state index contributed by atoms with van der Waals surface area (Å²) in [6, 6.07) is 8.32. The number of benzene rings is 2. The molecule has 1 fully saturated rings. The van der Waals surface area contributed by atoms with Crippen molar-refractivity contribution in [2.24, 2.45) is 0 Å². The van der Waals surface area contributed by atoms with Crippen molar-refractivity contribution in [3.05, 3.63) is 94.9 Å². The van der Waals surface area contributed by atoms with E-state index < -0.39 is 44.1 Å². The van der Waals surface area contributed by atoms with E-state index in [-0.39, 0.29) is 34.4 Å². The van der Waals surface area contributed by atoms with Crippen molar-refractivity contribution in [3.8, 4) is 0 Å². The number of hydrogen-bond donors (Lipinski definition) is 2. The predicted molar refractivity (Wildman–Crippen MR) is 140 cm³/mol. The number of piperidine rings is 1. The molecule has 214 valence electrons. The van der Waals surface area contributed by atoms with Crippen molar-refractivity contribution in [3.63, 3.8) is 0 Å². The quantitative estimate of drug-likeness (QED) is 0.216. The molecule has 4 aromatic rings. The zero-order valence-electron chi connectivity index (χ0n) is 21.5. The molecule has 0 aliphatic carbocycles. The summed E-state index contributed by atoms with van der Waals surface area (Å²) in [7, 11) is -4.37. The molecule has 0 unspecified atom stereocenters. The minimum absolute atomic E-state index is 0.0859. The molecule has 1 aliphatic heterocycles. The van der Waals surface area contributed by atoms with Gasteiger partial charge < -0.3 is 14.7 Å². The molecule has 2 aromatic heterocycles. The van der Waals surface area contributed by atoms with Crippen LogP contribution in [0.25, 0.3) is 0 Å². The number of hydrogen-bond acceptors (Lipinski definition) is 7. The normalized spacial score (nSPS) is 14.2. The molecular weight excluding hydrogens is 566 g/mol. The van der Waals surface area contributed by atoms with Crippen LogP contribution in [0.5, 0.6) is 0 Å². The topological polar surface area (TPSA) is 117 Å². The number of carbonyl (C=O) groups excluding carboxylic acids is 1. The zero-order valence-corrected chi connectivity index (χ0v) is 22.3. The second kappa shape index (κ2) is 11.2. The highest BCUT2D eigenvalue weighted by Crippen LogP contribution is 2.34. The average molecular weight is 590 g/mol. The maximum atomic E-state index is 14.6. The number of nitrogens with zero attached hydrogens (tertiary/aromatic N) is 3. The van der Waals surface area contributed by atoms with E-state index in [1.54, 1.807) is 12.1 Å². The second-order valence-corrected chi connectivity index (χ2v) is 11.1. The molecule has 41 heavy (non-hydrogen) atoms. The summed E-state index contributed by atoms with van der Waals surface area (Å²) in [4.78, 5) is 19.2. The summed E-state index contributed by atoms with van der Waals surface area (Å²) < 4.78 is 88.5. The van der Waals surface area contributed by atoms with Gasteiger partial charge in [0.2, 0.25) is 0 Å². The number of carbonyl (C=O) groups is 1. The fraction of sp³-hybridized carbons (Fsp3) is 0.222. The summed E-state index contributed by atoms with van der Waals surface area (Å²) >= 11 is 0. The monoisotopic (exact) mass is 589 g/mol. The maximum absolute atomic E-state index is 14.6. The van der Waals surface area contributed by atoms with E-state index in [4.69, 9.17) is 0 Å². The highest BCUT2D eigenvalue weighted by Gasteiger charge is 2.30. The summed E-state index contributed by atoms with van der Waals surface area (Å²) in [5, 5.41) is 5.56. The van der Waals surface area contributed by atoms with Crippen LogP contribution >= 0.6 is 0 Å². The molecule has 1 saturated heterocycles. The Hall–Kier alpha value is -4.46. The fourth-order valence-electron chi connectivity index (χ4n) is 4.71. The lowest BCUT2D eigenvalue weighted by Crippen LogP contribution is -2.38. The van der Waals surface area contributed by atoms with Crippen LogP contribution in [-0.4, -0.2) is 42.5 Å². The number of sulfonamides is 1. The molecule has 0 radical (unpaired) electrons. The molecule has 14 heteroatoms. The zero-order chi connectivity index (χ0) is 29.3. The van der Waals surface area contributed by atoms with Gasteiger partial charge in [-0.15, -0.1) is 0 Å². The van der Waals surface area contributed by atoms with E-state index in [1.165, 1.54) is 30.0 Å². The third-order valence-electron chi connectivity index (χ3n) is 6.83. The van der Waals surface area contributed by atoms with Crippen molar-refractivity contribution in [1.82, 2.24) is 15.0 Å². The molecule has 1 amide bonds. The van der Waals surface area contributed by atoms with Gasteiger partial charge in [-0.05, 0) is 43.4 Å². The lowest BCUT2D eigenvalue weighted by atomic mass is 9.89. The van der Waals surface area contributed by atoms with Gasteiger partial charge in [0.15, 0.2) is 22.5 Å². The maximum Gasteiger partial charge on any atom is 0.280 e. The number of halogens is 4. The molecule has 1 aliphatic rings. The SMILES string of the molecule is Cc1c(S(=O)(=O)Nc2ccon2)ncc(C(=O)N2CCC(c3ccc(F)cc3)CC2)c1Nc1cc(F)c(F)cc1F. The Balaban J connectivity index is 1.48. The molecule has 2 aromatic carbocycles. The molecule has 0 atom stereocenters. The molecule has 0 spiro atoms. The van der Waals surface area contributed by atoms with Crippen molar-refractivity contribution in [2.45, 2.75) is 30.7 Å². The van der Waals surface area contributed by atoms with E-state index in [9.17, 15) is 30.8 Å². The number of amides is 1. The minimum Gasteiger partial charge on any atom is -0.363 e. The number of rotatable bonds is 7. The van der Waals surface area contributed by atoms with Gasteiger partial charge in [-0.1, -0.05) is 17.3 Å². The van der Waals surface area contributed by atoms with Gasteiger partial charge in [0, 0.05) is 43.0 Å². The Bertz CT molecular complexity index is 1690. The van der Waals surface area contributed by atoms with E-state index in [0.717, 1.165) is 18.0 Å². The van der Waals surface area contributed by atoms with Gasteiger partial charge in [-0.25, -0.2) is 22.5 Å². The van der Waals surface area contributed by atoms with Gasteiger partial charge in [-0.3, -0.25) is 9.52 Å². The Kier molecular flexibility index (Phi) is 7.67. The van der Waals surface area contributed by atoms with Crippen LogP contribution in [0.3, 0.4) is 0 Å². The lowest BCUT2D eigenvalue weighted by Gasteiger charge is -2.33. The number of anilines is 3. The Morgan fingerprint density at radius 1 is 1.00 bits per heavy atom. The third-order valence-corrected chi connectivity index (χ3v) is 8.23. The van der Waals surface area contributed by atoms with E-state index in [2.05, 4.69) is 24.7 Å². The van der Waals surface area contributed by atoms with Crippen molar-refractivity contribution < 1.29 is 35.3 Å². The molecule has 5 rings (SSSR count). The third kappa shape index (κ3) is 5.87. The molecule has 0 bridgehead atoms. The van der Waals surface area contributed by atoms with Gasteiger partial charge >= 0.3 is 0 Å². The first-order chi connectivity index (χ1) is 19.5. The standard InChI is InChI=1S/C27H23F4N5O4S/c1-15-25(33-23-13-21(30)20(29)12-22(23)31)19(14-32-26(15)41(38,39)35-24-8-11-40-34-24)27(37)36-9-6-17(7-10-36)16-2-4-18(28)5-3-16/h2-5,8,11-14,17H,6-7,9-10H2,1H3,(H,32,33)(H,34,35). The molecular formula is C27H23F4N5O4S. The van der Waals surface area contributed by atoms with Gasteiger partial charge in [0.1, 0.15) is 17.9 Å². The van der Waals surface area contributed by atoms with Crippen LogP contribution in [0.15, 0.2) is 64.5 Å². The van der Waals surface area contributed by atoms with E-state index in [0.29, 0.717) is 38.1 Å². The van der Waals surface area contributed by atoms with Crippen LogP contribution in [0.1, 0.15) is 40.2 Å². The number of aromatic nitrogens is 2. The predicted octanol–water partition coefficient (Wildman–Crippen LogP) is 5.50. The Morgan fingerprint density at radius 2 is 1.68 bits per heavy atom. The average Bonchev–Trinajstić information content (AvgIpc) is 3.45. The van der Waals surface area contributed by atoms with Crippen molar-refractivity contribution >= 4 is 33.1 Å². The van der Waals surface area contributed by atoms with Crippen molar-refractivity contribution in [1.29, 1.82) is 0 Å². The highest BCUT2D eigenvalue weighted by molar-refractivity contribution is 7.92. The van der Waals surface area contributed by atoms with Gasteiger partial charge in [0.25, 0.3) is 15.9 Å². The number of pyridine rings is 1. The minimum atomic E-state index is -4.37. The molecule has 0 saturated carbocycles. The summed E-state index contributed by atoms with van der Waals surface area (Å²) in [5.41, 5.74) is 0.0805. The lowest BCUT2D eigenvalue weighted by molar-refractivity contribution is 0.0713. The molecule has 3 heterocycles. The van der Waals surface area contributed by atoms with Gasteiger partial charge in [0.05, 0.1) is 16.9 Å². The largest absolute Gasteiger partial charge is 0.363 e. The van der Waals surface area contributed by atoms with Crippen LogP contribution < -0.4 is 10.0 Å². The second-order valence-electron chi connectivity index (χ2n) is 9.46. The summed E-state index contributed by atoms with van der Waals surface area (Å²) in [6.45, 7) is 1.99. The first kappa shape index (κ1) is 28.1. The van der Waals surface area contributed by atoms with Gasteiger partial charge in [-0.2, -0.15) is 8.42 Å². The summed E-state index contributed by atoms with van der Waals surface area (Å²) in [6.07, 6.45) is 3.34. The molecule has 9 nitrogen and oxygen atoms in total. The van der Waals surface area contributed by atoms with Crippen LogP contribution in [0, 0.1) is 30.2 Å². The Labute approximate surface area is 232 Å². The fourth-order valence-corrected chi connectivity index (χ4v) is 5.89. The number of nitrogens with one attached hydrogen (secondary N) is 2. The first-order valence-electron chi connectivity index (χ1n) is 12.4. The smallest absolute Gasteiger partial charge is 0.280 e. The van der Waals surface area contributed by atoms with Crippen LogP contribution in [-0.2, 0) is 10.0 Å². The van der Waals surface area contributed by atoms with Crippen LogP contribution in [0.2, 0.25) is 0 Å². The Morgan fingerprint density at radius 3 is 2.34 bits per heavy atom. The van der Waals surface area contributed by atoms with Crippen molar-refractivity contribution in [2.75, 3.05) is 23.1 Å². The van der Waals surface area contributed by atoms with E-state index in [1.807, 2.05) is 0 Å².